The molecule has 0 fully saturated rings. The molecule has 150 valence electrons. The van der Waals surface area contributed by atoms with Crippen molar-refractivity contribution in [1.29, 1.82) is 0 Å². The van der Waals surface area contributed by atoms with Gasteiger partial charge in [-0.3, -0.25) is 0 Å². The van der Waals surface area contributed by atoms with Crippen molar-refractivity contribution in [3.05, 3.63) is 0 Å². The zero-order chi connectivity index (χ0) is 21.5. The van der Waals surface area contributed by atoms with E-state index in [-0.39, 0.29) is 98.7 Å². The van der Waals surface area contributed by atoms with Crippen molar-refractivity contribution in [2.45, 2.75) is 0 Å². The van der Waals surface area contributed by atoms with E-state index in [4.69, 9.17) is 84.3 Å². The van der Waals surface area contributed by atoms with Gasteiger partial charge in [-0.2, -0.15) is 0 Å². The summed E-state index contributed by atoms with van der Waals surface area (Å²) in [5.74, 6) is 0. The Morgan fingerprint density at radius 2 is 0.276 bits per heavy atom. The van der Waals surface area contributed by atoms with Gasteiger partial charge in [-0.15, -0.1) is 0 Å². The van der Waals surface area contributed by atoms with Crippen molar-refractivity contribution in [2.24, 2.45) is 0 Å². The van der Waals surface area contributed by atoms with Crippen LogP contribution in [-0.4, -0.2) is 154 Å². The summed E-state index contributed by atoms with van der Waals surface area (Å²) in [6.07, 6.45) is 0. The molecule has 0 aromatic rings. The fourth-order valence-corrected chi connectivity index (χ4v) is 0. The standard InChI is InChI=1S/2B.6O3Si.3Pb/c;;6*1-4(2)3;;;/q2*+3;6*-2;3*+2. The molecular formula is B2O18Pb3Si6. The molecule has 0 saturated heterocycles. The van der Waals surface area contributed by atoms with E-state index in [9.17, 15) is 0 Å². The van der Waals surface area contributed by atoms with Gasteiger partial charge >= 0.3 is 98.7 Å². The molecule has 29 heavy (non-hydrogen) atoms. The van der Waals surface area contributed by atoms with Gasteiger partial charge in [0.05, 0.1) is 0 Å². The topological polar surface area (TPSA) is 379 Å². The minimum atomic E-state index is -3.63. The Hall–Kier alpha value is 0.597. The number of hydrogen-bond acceptors (Lipinski definition) is 18. The van der Waals surface area contributed by atoms with Gasteiger partial charge in [-0.25, -0.2) is 0 Å². The normalized spacial score (nSPS) is 4.97. The monoisotopic (exact) mass is 1100 g/mol. The Kier molecular flexibility index (Phi) is 152. The van der Waals surface area contributed by atoms with Crippen LogP contribution >= 0.6 is 0 Å². The van der Waals surface area contributed by atoms with Crippen LogP contribution in [0.1, 0.15) is 0 Å². The Morgan fingerprint density at radius 3 is 0.276 bits per heavy atom. The molecule has 0 aliphatic rings. The van der Waals surface area contributed by atoms with E-state index in [1.807, 2.05) is 0 Å². The van der Waals surface area contributed by atoms with Crippen LogP contribution in [0.3, 0.4) is 0 Å². The Labute approximate surface area is 235 Å². The fraction of sp³-hybridized carbons (Fsp3) is 0. The summed E-state index contributed by atoms with van der Waals surface area (Å²) in [7, 11) is -21.8. The summed E-state index contributed by atoms with van der Waals surface area (Å²) >= 11 is 0. The average molecular weight is 1100 g/mol. The first-order valence-electron chi connectivity index (χ1n) is 3.67. The van der Waals surface area contributed by atoms with Gasteiger partial charge in [0, 0.05) is 55.0 Å². The molecule has 0 aliphatic carbocycles. The fourth-order valence-electron chi connectivity index (χ4n) is 0. The molecule has 29 heteroatoms. The smallest absolute Gasteiger partial charge is 0.672 e. The molecule has 18 nitrogen and oxygen atoms in total. The summed E-state index contributed by atoms with van der Waals surface area (Å²) in [5.41, 5.74) is 0. The third-order valence-corrected chi connectivity index (χ3v) is 0. The van der Waals surface area contributed by atoms with Crippen LogP contribution in [0.5, 0.6) is 0 Å². The number of hydrogen-bond donors (Lipinski definition) is 0. The van der Waals surface area contributed by atoms with Gasteiger partial charge in [-0.05, 0) is 0 Å². The second-order valence-electron chi connectivity index (χ2n) is 1.50. The van der Waals surface area contributed by atoms with Crippen molar-refractivity contribution in [3.63, 3.8) is 0 Å². The molecule has 0 aromatic heterocycles. The molecule has 0 atom stereocenters. The van der Waals surface area contributed by atoms with Gasteiger partial charge in [0.25, 0.3) is 0 Å². The predicted molar refractivity (Wildman–Crippen MR) is 67.4 cm³/mol. The first-order chi connectivity index (χ1) is 10.4. The molecule has 0 unspecified atom stereocenters. The van der Waals surface area contributed by atoms with Crippen LogP contribution in [0, 0.1) is 0 Å². The summed E-state index contributed by atoms with van der Waals surface area (Å²) in [6.45, 7) is 0. The van der Waals surface area contributed by atoms with Crippen LogP contribution in [0.4, 0.5) is 0 Å². The van der Waals surface area contributed by atoms with E-state index in [2.05, 4.69) is 0 Å². The van der Waals surface area contributed by atoms with E-state index in [1.54, 1.807) is 0 Å². The maximum Gasteiger partial charge on any atom is 3.00 e. The molecule has 0 saturated carbocycles. The molecule has 0 amide bonds. The van der Waals surface area contributed by atoms with Crippen molar-refractivity contribution in [3.8, 4) is 0 Å². The van der Waals surface area contributed by atoms with Gasteiger partial charge in [0.15, 0.2) is 0 Å². The summed E-state index contributed by atoms with van der Waals surface area (Å²) in [5, 5.41) is 0. The summed E-state index contributed by atoms with van der Waals surface area (Å²) in [4.78, 5) is 102. The average Bonchev–Trinajstić information content (AvgIpc) is 2.08. The Morgan fingerprint density at radius 1 is 0.276 bits per heavy atom. The quantitative estimate of drug-likeness (QED) is 0.203. The Bertz CT molecular complexity index is 275. The second kappa shape index (κ2) is 63.0. The molecule has 0 rings (SSSR count). The van der Waals surface area contributed by atoms with Crippen LogP contribution in [0.15, 0.2) is 0 Å². The van der Waals surface area contributed by atoms with Gasteiger partial charge in [-0.1, -0.05) is 0 Å². The van der Waals surface area contributed by atoms with E-state index < -0.39 is 55.0 Å². The van der Waals surface area contributed by atoms with Crippen molar-refractivity contribution >= 4 is 154 Å². The first kappa shape index (κ1) is 70.0. The van der Waals surface area contributed by atoms with Gasteiger partial charge < -0.3 is 84.3 Å². The zero-order valence-electron chi connectivity index (χ0n) is 13.0. The molecule has 0 N–H and O–H groups in total. The maximum absolute atomic E-state index is 8.52. The Balaban J connectivity index is -0.0000000144. The van der Waals surface area contributed by atoms with Crippen LogP contribution in [0.2, 0.25) is 0 Å². The van der Waals surface area contributed by atoms with E-state index in [0.29, 0.717) is 0 Å². The van der Waals surface area contributed by atoms with E-state index in [1.165, 1.54) is 0 Å². The van der Waals surface area contributed by atoms with Crippen molar-refractivity contribution in [1.82, 2.24) is 0 Å². The van der Waals surface area contributed by atoms with Crippen LogP contribution in [-0.2, 0) is 26.8 Å². The largest absolute Gasteiger partial charge is 3.00 e. The van der Waals surface area contributed by atoms with Crippen molar-refractivity contribution in [2.75, 3.05) is 0 Å². The first-order valence-corrected chi connectivity index (χ1v) is 11.0. The van der Waals surface area contributed by atoms with E-state index >= 15 is 0 Å². The molecule has 0 spiro atoms. The van der Waals surface area contributed by atoms with Crippen LogP contribution in [0.25, 0.3) is 0 Å². The van der Waals surface area contributed by atoms with E-state index in [0.717, 1.165) is 0 Å². The van der Waals surface area contributed by atoms with Gasteiger partial charge in [0.1, 0.15) is 0 Å². The zero-order valence-corrected chi connectivity index (χ0v) is 30.7. The molecule has 0 aliphatic heterocycles. The molecule has 0 heterocycles. The molecule has 0 bridgehead atoms. The van der Waals surface area contributed by atoms with Crippen LogP contribution < -0.4 is 57.5 Å². The maximum atomic E-state index is 8.52. The van der Waals surface area contributed by atoms with Crippen molar-refractivity contribution < 1.29 is 84.3 Å². The SMILES string of the molecule is O=[Si]([O-])[O-].O=[Si]([O-])[O-].O=[Si]([O-])[O-].O=[Si]([O-])[O-].O=[Si]([O-])[O-].O=[Si]([O-])[O-].[B+3].[B+3].[Pb+2].[Pb+2].[Pb+2]. The minimum absolute atomic E-state index is 0. The van der Waals surface area contributed by atoms with Gasteiger partial charge in [0.2, 0.25) is 0 Å². The molecule has 0 aromatic carbocycles. The predicted octanol–water partition coefficient (Wildman–Crippen LogP) is -19.2. The summed E-state index contributed by atoms with van der Waals surface area (Å²) in [6, 6.07) is 0. The summed E-state index contributed by atoms with van der Waals surface area (Å²) < 4.78 is 51.1. The third-order valence-electron chi connectivity index (χ3n) is 0. The second-order valence-corrected chi connectivity index (χ2v) is 4.50. The minimum Gasteiger partial charge on any atom is -0.672 e. The number of rotatable bonds is 0. The third kappa shape index (κ3) is 56700. The molecular weight excluding hydrogens is 1100 g/mol. The molecule has 6 radical (unpaired) electrons.